The zero-order valence-electron chi connectivity index (χ0n) is 16.9. The summed E-state index contributed by atoms with van der Waals surface area (Å²) in [5.74, 6) is 5.83. The molecule has 6 nitrogen and oxygen atoms in total. The third kappa shape index (κ3) is 5.62. The van der Waals surface area contributed by atoms with Gasteiger partial charge in [0.25, 0.3) is 0 Å². The molecular weight excluding hydrogens is 367 g/mol. The molecule has 1 aromatic heterocycles. The van der Waals surface area contributed by atoms with Crippen molar-refractivity contribution >= 4 is 11.7 Å². The Hall–Kier alpha value is -2.77. The molecule has 0 radical (unpaired) electrons. The summed E-state index contributed by atoms with van der Waals surface area (Å²) in [7, 11) is 0. The minimum Gasteiger partial charge on any atom is -0.383 e. The molecule has 0 amide bonds. The third-order valence-corrected chi connectivity index (χ3v) is 5.15. The number of nitrogen functional groups attached to an aromatic ring is 1. The first-order valence-corrected chi connectivity index (χ1v) is 10.00. The van der Waals surface area contributed by atoms with Gasteiger partial charge in [0.1, 0.15) is 17.5 Å². The van der Waals surface area contributed by atoms with Crippen LogP contribution in [0.3, 0.4) is 0 Å². The van der Waals surface area contributed by atoms with Crippen LogP contribution in [0.15, 0.2) is 53.4 Å². The number of rotatable bonds is 6. The highest BCUT2D eigenvalue weighted by Gasteiger charge is 2.12. The molecule has 154 valence electrons. The monoisotopic (exact) mass is 396 g/mol. The average Bonchev–Trinajstić information content (AvgIpc) is 2.76. The molecule has 7 heteroatoms. The van der Waals surface area contributed by atoms with Crippen molar-refractivity contribution in [2.75, 3.05) is 25.4 Å². The van der Waals surface area contributed by atoms with E-state index in [0.717, 1.165) is 17.7 Å². The predicted octanol–water partition coefficient (Wildman–Crippen LogP) is 3.40. The number of halogens is 1. The van der Waals surface area contributed by atoms with Crippen LogP contribution in [0.5, 0.6) is 0 Å². The van der Waals surface area contributed by atoms with Crippen LogP contribution < -0.4 is 17.0 Å². The van der Waals surface area contributed by atoms with E-state index >= 15 is 0 Å². The molecule has 0 aliphatic carbocycles. The number of hydrogen-bond donors (Lipinski definition) is 3. The van der Waals surface area contributed by atoms with Crippen molar-refractivity contribution in [3.05, 3.63) is 59.6 Å². The summed E-state index contributed by atoms with van der Waals surface area (Å²) in [6, 6.07) is 10.3. The van der Waals surface area contributed by atoms with Crippen LogP contribution in [-0.4, -0.2) is 35.4 Å². The Bertz CT molecular complexity index is 869. The summed E-state index contributed by atoms with van der Waals surface area (Å²) in [6.07, 6.45) is 7.00. The maximum absolute atomic E-state index is 13.4. The molecule has 1 saturated heterocycles. The van der Waals surface area contributed by atoms with Crippen molar-refractivity contribution < 1.29 is 4.39 Å². The topological polar surface area (TPSA) is 92.6 Å². The number of aliphatic imine (C=N–C) groups is 1. The number of nitrogens with one attached hydrogen (secondary N) is 1. The third-order valence-electron chi connectivity index (χ3n) is 5.15. The van der Waals surface area contributed by atoms with Crippen LogP contribution in [0, 0.1) is 0 Å². The SMILES string of the molecule is C/C=C(/F)CN=C(NN)c1cc(-c2ccc(CN3CCCCC3)cc2)cnc1N. The Kier molecular flexibility index (Phi) is 7.32. The van der Waals surface area contributed by atoms with E-state index in [2.05, 4.69) is 44.6 Å². The van der Waals surface area contributed by atoms with Crippen LogP contribution in [0.1, 0.15) is 37.3 Å². The maximum Gasteiger partial charge on any atom is 0.146 e. The van der Waals surface area contributed by atoms with Crippen LogP contribution in [0.25, 0.3) is 11.1 Å². The molecule has 1 aliphatic heterocycles. The van der Waals surface area contributed by atoms with Gasteiger partial charge in [-0.1, -0.05) is 36.8 Å². The van der Waals surface area contributed by atoms with Gasteiger partial charge in [-0.15, -0.1) is 0 Å². The van der Waals surface area contributed by atoms with Gasteiger partial charge >= 0.3 is 0 Å². The normalized spacial score (nSPS) is 16.1. The molecule has 29 heavy (non-hydrogen) atoms. The number of nitrogens with zero attached hydrogens (tertiary/aromatic N) is 3. The number of pyridine rings is 1. The Balaban J connectivity index is 1.79. The summed E-state index contributed by atoms with van der Waals surface area (Å²) < 4.78 is 13.4. The fourth-order valence-electron chi connectivity index (χ4n) is 3.46. The van der Waals surface area contributed by atoms with Gasteiger partial charge in [-0.2, -0.15) is 0 Å². The number of hydrazine groups is 1. The summed E-state index contributed by atoms with van der Waals surface area (Å²) in [6.45, 7) is 4.84. The number of likely N-dealkylation sites (tertiary alicyclic amines) is 1. The quantitative estimate of drug-likeness (QED) is 0.301. The number of anilines is 1. The average molecular weight is 397 g/mol. The smallest absolute Gasteiger partial charge is 0.146 e. The molecule has 1 aromatic carbocycles. The van der Waals surface area contributed by atoms with Crippen molar-refractivity contribution in [2.24, 2.45) is 10.8 Å². The highest BCUT2D eigenvalue weighted by Crippen LogP contribution is 2.23. The Morgan fingerprint density at radius 3 is 2.59 bits per heavy atom. The number of hydrogen-bond acceptors (Lipinski definition) is 5. The van der Waals surface area contributed by atoms with Crippen LogP contribution in [0.2, 0.25) is 0 Å². The lowest BCUT2D eigenvalue weighted by molar-refractivity contribution is 0.221. The van der Waals surface area contributed by atoms with Gasteiger partial charge in [-0.25, -0.2) is 15.2 Å². The molecule has 2 aromatic rings. The molecule has 0 saturated carbocycles. The van der Waals surface area contributed by atoms with E-state index in [-0.39, 0.29) is 18.2 Å². The van der Waals surface area contributed by atoms with E-state index in [1.807, 2.05) is 6.07 Å². The summed E-state index contributed by atoms with van der Waals surface area (Å²) in [5.41, 5.74) is 12.3. The largest absolute Gasteiger partial charge is 0.383 e. The first-order chi connectivity index (χ1) is 14.1. The van der Waals surface area contributed by atoms with Gasteiger partial charge in [0, 0.05) is 18.3 Å². The molecule has 0 spiro atoms. The first kappa shape index (κ1) is 21.0. The summed E-state index contributed by atoms with van der Waals surface area (Å²) >= 11 is 0. The second kappa shape index (κ2) is 10.1. The van der Waals surface area contributed by atoms with Crippen molar-refractivity contribution in [2.45, 2.75) is 32.7 Å². The second-order valence-corrected chi connectivity index (χ2v) is 7.24. The van der Waals surface area contributed by atoms with Gasteiger partial charge < -0.3 is 11.2 Å². The molecule has 0 unspecified atom stereocenters. The minimum absolute atomic E-state index is 0.106. The van der Waals surface area contributed by atoms with Crippen molar-refractivity contribution in [3.8, 4) is 11.1 Å². The summed E-state index contributed by atoms with van der Waals surface area (Å²) in [4.78, 5) is 10.9. The highest BCUT2D eigenvalue weighted by atomic mass is 19.1. The van der Waals surface area contributed by atoms with Crippen LogP contribution in [-0.2, 0) is 6.54 Å². The molecule has 5 N–H and O–H groups in total. The van der Waals surface area contributed by atoms with E-state index in [9.17, 15) is 4.39 Å². The standard InChI is InChI=1S/C22H29FN6/c1-2-19(23)14-27-22(28-25)20-12-18(13-26-21(20)24)17-8-6-16(7-9-17)15-29-10-4-3-5-11-29/h2,6-9,12-13H,3-5,10-11,14-15,25H2,1H3,(H2,24,26)(H,27,28)/b19-2+. The number of allylic oxidation sites excluding steroid dienone is 1. The highest BCUT2D eigenvalue weighted by molar-refractivity contribution is 6.03. The second-order valence-electron chi connectivity index (χ2n) is 7.24. The number of benzene rings is 1. The van der Waals surface area contributed by atoms with Gasteiger partial charge in [-0.05, 0) is 50.0 Å². The van der Waals surface area contributed by atoms with Crippen molar-refractivity contribution in [1.82, 2.24) is 15.3 Å². The Labute approximate surface area is 171 Å². The fourth-order valence-corrected chi connectivity index (χ4v) is 3.46. The van der Waals surface area contributed by atoms with E-state index in [1.54, 1.807) is 13.1 Å². The summed E-state index contributed by atoms with van der Waals surface area (Å²) in [5, 5.41) is 0. The lowest BCUT2D eigenvalue weighted by Crippen LogP contribution is -2.32. The molecule has 1 aliphatic rings. The molecule has 0 bridgehead atoms. The number of amidine groups is 1. The lowest BCUT2D eigenvalue weighted by atomic mass is 10.0. The van der Waals surface area contributed by atoms with E-state index in [0.29, 0.717) is 11.4 Å². The Morgan fingerprint density at radius 1 is 1.21 bits per heavy atom. The molecule has 2 heterocycles. The lowest BCUT2D eigenvalue weighted by Gasteiger charge is -2.26. The first-order valence-electron chi connectivity index (χ1n) is 10.00. The number of piperidine rings is 1. The molecule has 3 rings (SSSR count). The molecule has 1 fully saturated rings. The maximum atomic E-state index is 13.4. The van der Waals surface area contributed by atoms with Gasteiger partial charge in [0.05, 0.1) is 12.1 Å². The van der Waals surface area contributed by atoms with E-state index in [4.69, 9.17) is 11.6 Å². The van der Waals surface area contributed by atoms with Crippen molar-refractivity contribution in [3.63, 3.8) is 0 Å². The van der Waals surface area contributed by atoms with Crippen molar-refractivity contribution in [1.29, 1.82) is 0 Å². The molecular formula is C22H29FN6. The van der Waals surface area contributed by atoms with E-state index in [1.165, 1.54) is 44.0 Å². The number of aromatic nitrogens is 1. The zero-order chi connectivity index (χ0) is 20.6. The van der Waals surface area contributed by atoms with Crippen LogP contribution >= 0.6 is 0 Å². The zero-order valence-corrected chi connectivity index (χ0v) is 16.9. The predicted molar refractivity (Wildman–Crippen MR) is 117 cm³/mol. The van der Waals surface area contributed by atoms with E-state index < -0.39 is 0 Å². The Morgan fingerprint density at radius 2 is 1.93 bits per heavy atom. The minimum atomic E-state index is -0.343. The van der Waals surface area contributed by atoms with Gasteiger partial charge in [0.15, 0.2) is 0 Å². The van der Waals surface area contributed by atoms with Crippen LogP contribution in [0.4, 0.5) is 10.2 Å². The van der Waals surface area contributed by atoms with Gasteiger partial charge in [-0.3, -0.25) is 9.89 Å². The number of nitrogens with two attached hydrogens (primary N) is 2. The molecule has 0 atom stereocenters. The fraction of sp³-hybridized carbons (Fsp3) is 0.364. The van der Waals surface area contributed by atoms with Gasteiger partial charge in [0.2, 0.25) is 0 Å².